The molecule has 0 spiro atoms. The molecule has 2 aliphatic rings. The lowest BCUT2D eigenvalue weighted by Gasteiger charge is -2.25. The highest BCUT2D eigenvalue weighted by Crippen LogP contribution is 2.47. The zero-order valence-electron chi connectivity index (χ0n) is 13.8. The number of carbonyl (C=O) groups is 1. The van der Waals surface area contributed by atoms with Gasteiger partial charge >= 0.3 is 0 Å². The van der Waals surface area contributed by atoms with Gasteiger partial charge in [-0.05, 0) is 5.56 Å². The molecule has 0 amide bonds. The molecular weight excluding hydrogens is 348 g/mol. The third-order valence-corrected chi connectivity index (χ3v) is 5.01. The number of nitro groups is 1. The second kappa shape index (κ2) is 5.28. The van der Waals surface area contributed by atoms with Crippen molar-refractivity contribution < 1.29 is 9.72 Å². The van der Waals surface area contributed by atoms with Crippen LogP contribution in [0.15, 0.2) is 58.9 Å². The summed E-state index contributed by atoms with van der Waals surface area (Å²) in [6.45, 7) is 0. The van der Waals surface area contributed by atoms with E-state index in [1.54, 1.807) is 24.3 Å². The summed E-state index contributed by atoms with van der Waals surface area (Å²) in [5, 5.41) is 19.7. The van der Waals surface area contributed by atoms with Crippen molar-refractivity contribution in [1.82, 2.24) is 10.2 Å². The second-order valence-corrected chi connectivity index (χ2v) is 6.44. The van der Waals surface area contributed by atoms with Gasteiger partial charge in [-0.15, -0.1) is 0 Å². The molecule has 2 aromatic carbocycles. The molecule has 1 atom stereocenters. The van der Waals surface area contributed by atoms with E-state index in [9.17, 15) is 19.7 Å². The number of carbonyl (C=O) groups excluding carboxylic acids is 1. The Bertz CT molecular complexity index is 1230. The second-order valence-electron chi connectivity index (χ2n) is 6.44. The maximum absolute atomic E-state index is 13.1. The molecule has 3 N–H and O–H groups in total. The number of Topliss-reactive ketones (excluding diaryl/α,β-unsaturated/α-hetero) is 1. The minimum absolute atomic E-state index is 0.0929. The van der Waals surface area contributed by atoms with Crippen LogP contribution in [-0.4, -0.2) is 20.9 Å². The van der Waals surface area contributed by atoms with Crippen molar-refractivity contribution in [3.05, 3.63) is 96.8 Å². The Morgan fingerprint density at radius 1 is 0.963 bits per heavy atom. The number of nitro benzene ring substituents is 1. The van der Waals surface area contributed by atoms with Gasteiger partial charge in [-0.2, -0.15) is 0 Å². The molecule has 5 rings (SSSR count). The molecule has 0 radical (unpaired) electrons. The number of hydrogen-bond donors (Lipinski definition) is 3. The Hall–Kier alpha value is -3.94. The van der Waals surface area contributed by atoms with E-state index in [-0.39, 0.29) is 17.0 Å². The van der Waals surface area contributed by atoms with E-state index in [1.807, 2.05) is 12.1 Å². The fourth-order valence-corrected chi connectivity index (χ4v) is 3.87. The molecule has 0 saturated carbocycles. The number of anilines is 1. The number of hydrogen-bond acceptors (Lipinski definition) is 5. The van der Waals surface area contributed by atoms with Crippen molar-refractivity contribution in [3.63, 3.8) is 0 Å². The van der Waals surface area contributed by atoms with Crippen LogP contribution < -0.4 is 10.9 Å². The molecule has 27 heavy (non-hydrogen) atoms. The highest BCUT2D eigenvalue weighted by molar-refractivity contribution is 6.23. The van der Waals surface area contributed by atoms with Gasteiger partial charge in [0.25, 0.3) is 11.2 Å². The maximum atomic E-state index is 13.1. The van der Waals surface area contributed by atoms with Crippen LogP contribution in [0.4, 0.5) is 11.5 Å². The monoisotopic (exact) mass is 360 g/mol. The van der Waals surface area contributed by atoms with E-state index in [0.29, 0.717) is 33.8 Å². The number of nitrogens with one attached hydrogen (secondary N) is 3. The first kappa shape index (κ1) is 15.3. The highest BCUT2D eigenvalue weighted by atomic mass is 16.6. The summed E-state index contributed by atoms with van der Waals surface area (Å²) in [6, 6.07) is 13.2. The van der Waals surface area contributed by atoms with Gasteiger partial charge in [0.05, 0.1) is 16.2 Å². The molecule has 132 valence electrons. The molecule has 2 heterocycles. The number of nitrogens with zero attached hydrogens (tertiary/aromatic N) is 1. The number of allylic oxidation sites excluding steroid dienone is 1. The van der Waals surface area contributed by atoms with Gasteiger partial charge in [-0.3, -0.25) is 29.9 Å². The van der Waals surface area contributed by atoms with Crippen LogP contribution in [-0.2, 0) is 0 Å². The Balaban J connectivity index is 1.79. The normalized spacial score (nSPS) is 17.2. The Morgan fingerprint density at radius 3 is 2.52 bits per heavy atom. The molecule has 3 aromatic rings. The molecule has 1 unspecified atom stereocenters. The molecular formula is C19H12N4O4. The summed E-state index contributed by atoms with van der Waals surface area (Å²) < 4.78 is 0. The summed E-state index contributed by atoms with van der Waals surface area (Å²) in [7, 11) is 0. The van der Waals surface area contributed by atoms with Gasteiger partial charge in [0, 0.05) is 34.8 Å². The molecule has 0 saturated heterocycles. The van der Waals surface area contributed by atoms with Crippen molar-refractivity contribution in [2.24, 2.45) is 0 Å². The van der Waals surface area contributed by atoms with Gasteiger partial charge in [0.15, 0.2) is 5.78 Å². The molecule has 1 aromatic heterocycles. The predicted octanol–water partition coefficient (Wildman–Crippen LogP) is 2.78. The van der Waals surface area contributed by atoms with Gasteiger partial charge in [-0.1, -0.05) is 36.4 Å². The summed E-state index contributed by atoms with van der Waals surface area (Å²) in [5.41, 5.74) is 2.74. The number of fused-ring (bicyclic) bond motifs is 3. The van der Waals surface area contributed by atoms with Crippen LogP contribution in [0.1, 0.15) is 33.0 Å². The van der Waals surface area contributed by atoms with Gasteiger partial charge < -0.3 is 5.32 Å². The zero-order chi connectivity index (χ0) is 18.7. The molecule has 0 fully saturated rings. The number of benzene rings is 2. The fraction of sp³-hybridized carbons (Fsp3) is 0.0526. The highest BCUT2D eigenvalue weighted by Gasteiger charge is 2.42. The molecule has 1 aliphatic carbocycles. The maximum Gasteiger partial charge on any atom is 0.270 e. The van der Waals surface area contributed by atoms with Gasteiger partial charge in [-0.25, -0.2) is 0 Å². The van der Waals surface area contributed by atoms with Crippen LogP contribution in [0.25, 0.3) is 5.70 Å². The van der Waals surface area contributed by atoms with E-state index >= 15 is 0 Å². The minimum atomic E-state index is -0.703. The number of aromatic amines is 2. The van der Waals surface area contributed by atoms with E-state index in [1.165, 1.54) is 12.1 Å². The Morgan fingerprint density at radius 2 is 1.74 bits per heavy atom. The lowest BCUT2D eigenvalue weighted by Crippen LogP contribution is -2.23. The summed E-state index contributed by atoms with van der Waals surface area (Å²) in [6.07, 6.45) is 0. The van der Waals surface area contributed by atoms with E-state index in [0.717, 1.165) is 5.56 Å². The zero-order valence-corrected chi connectivity index (χ0v) is 13.8. The first-order valence-corrected chi connectivity index (χ1v) is 8.26. The number of aromatic nitrogens is 2. The van der Waals surface area contributed by atoms with Crippen LogP contribution in [0.3, 0.4) is 0 Å². The predicted molar refractivity (Wildman–Crippen MR) is 97.7 cm³/mol. The van der Waals surface area contributed by atoms with Crippen LogP contribution >= 0.6 is 0 Å². The van der Waals surface area contributed by atoms with Crippen molar-refractivity contribution in [2.45, 2.75) is 5.92 Å². The summed E-state index contributed by atoms with van der Waals surface area (Å²) in [4.78, 5) is 36.3. The smallest absolute Gasteiger partial charge is 0.270 e. The third-order valence-electron chi connectivity index (χ3n) is 5.01. The van der Waals surface area contributed by atoms with E-state index in [2.05, 4.69) is 15.5 Å². The van der Waals surface area contributed by atoms with Crippen LogP contribution in [0, 0.1) is 10.1 Å². The van der Waals surface area contributed by atoms with Crippen LogP contribution in [0.5, 0.6) is 0 Å². The molecule has 8 heteroatoms. The number of H-pyrrole nitrogens is 2. The lowest BCUT2D eigenvalue weighted by molar-refractivity contribution is -0.384. The quantitative estimate of drug-likeness (QED) is 0.479. The number of ketones is 1. The Kier molecular flexibility index (Phi) is 3.00. The van der Waals surface area contributed by atoms with Gasteiger partial charge in [0.2, 0.25) is 0 Å². The SMILES string of the molecule is O=C1C2=C(Nc3[nH][nH]c(=O)c3C2c2cccc([N+](=O)[O-])c2)c2ccccc21. The van der Waals surface area contributed by atoms with Crippen molar-refractivity contribution in [1.29, 1.82) is 0 Å². The first-order chi connectivity index (χ1) is 13.1. The number of rotatable bonds is 2. The standard InChI is InChI=1S/C19H12N4O4/c24-17-12-7-2-1-6-11(12)16-14(17)13(15-18(20-16)21-22-19(15)25)9-4-3-5-10(8-9)23(26)27/h1-8,13H,(H3,20,21,22,25). The minimum Gasteiger partial charge on any atom is -0.339 e. The van der Waals surface area contributed by atoms with Crippen LogP contribution in [0.2, 0.25) is 0 Å². The van der Waals surface area contributed by atoms with Gasteiger partial charge in [0.1, 0.15) is 5.82 Å². The average molecular weight is 360 g/mol. The first-order valence-electron chi connectivity index (χ1n) is 8.26. The summed E-state index contributed by atoms with van der Waals surface area (Å²) >= 11 is 0. The molecule has 1 aliphatic heterocycles. The van der Waals surface area contributed by atoms with Crippen molar-refractivity contribution >= 4 is 23.0 Å². The third kappa shape index (κ3) is 2.03. The number of non-ortho nitro benzene ring substituents is 1. The Labute approximate surface area is 151 Å². The molecule has 8 nitrogen and oxygen atoms in total. The van der Waals surface area contributed by atoms with Crippen molar-refractivity contribution in [3.8, 4) is 0 Å². The summed E-state index contributed by atoms with van der Waals surface area (Å²) in [5.74, 6) is -0.429. The average Bonchev–Trinajstić information content (AvgIpc) is 3.19. The fourth-order valence-electron chi connectivity index (χ4n) is 3.87. The largest absolute Gasteiger partial charge is 0.339 e. The topological polar surface area (TPSA) is 121 Å². The van der Waals surface area contributed by atoms with E-state index < -0.39 is 10.8 Å². The molecule has 0 bridgehead atoms. The van der Waals surface area contributed by atoms with Crippen molar-refractivity contribution in [2.75, 3.05) is 5.32 Å². The lowest BCUT2D eigenvalue weighted by atomic mass is 9.82. The van der Waals surface area contributed by atoms with E-state index in [4.69, 9.17) is 0 Å².